The molecule has 8 nitrogen and oxygen atoms in total. The van der Waals surface area contributed by atoms with E-state index in [4.69, 9.17) is 14.6 Å². The number of nitrogens with one attached hydrogen (secondary N) is 1. The lowest BCUT2D eigenvalue weighted by atomic mass is 9.97. The maximum absolute atomic E-state index is 12.0. The molecule has 0 saturated heterocycles. The van der Waals surface area contributed by atoms with Gasteiger partial charge in [0.05, 0.1) is 18.6 Å². The highest BCUT2D eigenvalue weighted by Gasteiger charge is 2.22. The highest BCUT2D eigenvalue weighted by atomic mass is 16.6. The summed E-state index contributed by atoms with van der Waals surface area (Å²) in [5.74, 6) is -0.771. The van der Waals surface area contributed by atoms with Crippen molar-refractivity contribution in [2.24, 2.45) is 5.41 Å². The number of Topliss-reactive ketones (excluding diaryl/α,β-unsaturated/α-hetero) is 1. The number of carbonyl (C=O) groups excluding carboxylic acids is 3. The van der Waals surface area contributed by atoms with Gasteiger partial charge < -0.3 is 19.9 Å². The Balaban J connectivity index is 3.36. The SMILES string of the molecule is CC(C)(C)C(=O)OCCOCCNC(=O)CCCC(=O)CCCCCCCCCCCCCCCCC(=O)O. The molecule has 0 rings (SSSR count). The minimum atomic E-state index is -0.687. The Kier molecular flexibility index (Phi) is 23.8. The molecule has 0 heterocycles. The molecule has 0 bridgehead atoms. The zero-order valence-electron chi connectivity index (χ0n) is 25.2. The Labute approximate surface area is 237 Å². The van der Waals surface area contributed by atoms with E-state index in [1.807, 2.05) is 0 Å². The van der Waals surface area contributed by atoms with Crippen LogP contribution >= 0.6 is 0 Å². The summed E-state index contributed by atoms with van der Waals surface area (Å²) in [6, 6.07) is 0. The second-order valence-electron chi connectivity index (χ2n) is 11.6. The maximum atomic E-state index is 12.0. The number of unbranched alkanes of at least 4 members (excludes halogenated alkanes) is 13. The molecule has 0 aromatic heterocycles. The number of amides is 1. The number of carboxylic acids is 1. The van der Waals surface area contributed by atoms with Gasteiger partial charge in [-0.25, -0.2) is 0 Å². The summed E-state index contributed by atoms with van der Waals surface area (Å²) in [5.41, 5.74) is -0.522. The number of hydrogen-bond donors (Lipinski definition) is 2. The number of rotatable bonds is 27. The van der Waals surface area contributed by atoms with Crippen LogP contribution in [0.1, 0.15) is 143 Å². The van der Waals surface area contributed by atoms with Crippen LogP contribution < -0.4 is 5.32 Å². The number of ether oxygens (including phenoxy) is 2. The highest BCUT2D eigenvalue weighted by Crippen LogP contribution is 2.15. The van der Waals surface area contributed by atoms with Crippen LogP contribution in [-0.2, 0) is 28.7 Å². The first-order chi connectivity index (χ1) is 18.6. The first-order valence-corrected chi connectivity index (χ1v) is 15.4. The van der Waals surface area contributed by atoms with Crippen LogP contribution in [0.2, 0.25) is 0 Å². The summed E-state index contributed by atoms with van der Waals surface area (Å²) in [6.07, 6.45) is 18.7. The second-order valence-corrected chi connectivity index (χ2v) is 11.6. The molecule has 0 aliphatic heterocycles. The van der Waals surface area contributed by atoms with E-state index in [0.717, 1.165) is 32.1 Å². The number of hydrogen-bond acceptors (Lipinski definition) is 6. The summed E-state index contributed by atoms with van der Waals surface area (Å²) in [4.78, 5) is 46.0. The number of carbonyl (C=O) groups is 4. The van der Waals surface area contributed by atoms with Gasteiger partial charge in [0.2, 0.25) is 5.91 Å². The summed E-state index contributed by atoms with van der Waals surface area (Å²) in [7, 11) is 0. The summed E-state index contributed by atoms with van der Waals surface area (Å²) < 4.78 is 10.5. The van der Waals surface area contributed by atoms with Gasteiger partial charge in [0.25, 0.3) is 0 Å². The van der Waals surface area contributed by atoms with Crippen molar-refractivity contribution in [2.45, 2.75) is 143 Å². The average molecular weight is 556 g/mol. The molecule has 2 N–H and O–H groups in total. The lowest BCUT2D eigenvalue weighted by Gasteiger charge is -2.16. The van der Waals surface area contributed by atoms with Crippen molar-refractivity contribution >= 4 is 23.6 Å². The standard InChI is InChI=1S/C31H57NO7/c1-31(2,3)30(37)39-26-25-38-24-23-32-28(34)21-18-20-27(33)19-16-14-12-10-8-6-4-5-7-9-11-13-15-17-22-29(35)36/h4-26H2,1-3H3,(H,32,34)(H,35,36). The fraction of sp³-hybridized carbons (Fsp3) is 0.871. The fourth-order valence-electron chi connectivity index (χ4n) is 4.15. The van der Waals surface area contributed by atoms with Crippen LogP contribution in [0.15, 0.2) is 0 Å². The molecule has 0 unspecified atom stereocenters. The molecule has 0 fully saturated rings. The van der Waals surface area contributed by atoms with Gasteiger partial charge >= 0.3 is 11.9 Å². The van der Waals surface area contributed by atoms with Crippen LogP contribution in [0.25, 0.3) is 0 Å². The van der Waals surface area contributed by atoms with E-state index in [0.29, 0.717) is 51.9 Å². The van der Waals surface area contributed by atoms with Crippen molar-refractivity contribution in [2.75, 3.05) is 26.4 Å². The molecule has 0 radical (unpaired) electrons. The molecule has 0 aromatic carbocycles. The second kappa shape index (κ2) is 25.0. The zero-order valence-corrected chi connectivity index (χ0v) is 25.2. The maximum Gasteiger partial charge on any atom is 0.311 e. The summed E-state index contributed by atoms with van der Waals surface area (Å²) >= 11 is 0. The van der Waals surface area contributed by atoms with Crippen molar-refractivity contribution in [3.05, 3.63) is 0 Å². The van der Waals surface area contributed by atoms with Gasteiger partial charge in [0.15, 0.2) is 0 Å². The Morgan fingerprint density at radius 3 is 1.54 bits per heavy atom. The molecular weight excluding hydrogens is 498 g/mol. The monoisotopic (exact) mass is 555 g/mol. The molecule has 228 valence electrons. The lowest BCUT2D eigenvalue weighted by molar-refractivity contribution is -0.154. The van der Waals surface area contributed by atoms with Crippen LogP contribution in [0, 0.1) is 5.41 Å². The van der Waals surface area contributed by atoms with Gasteiger partial charge in [0, 0.05) is 32.2 Å². The van der Waals surface area contributed by atoms with E-state index in [9.17, 15) is 19.2 Å². The summed E-state index contributed by atoms with van der Waals surface area (Å²) in [5, 5.41) is 11.4. The third-order valence-corrected chi connectivity index (χ3v) is 6.60. The van der Waals surface area contributed by atoms with Crippen LogP contribution in [-0.4, -0.2) is 55.1 Å². The molecule has 0 atom stereocenters. The van der Waals surface area contributed by atoms with Crippen molar-refractivity contribution in [3.63, 3.8) is 0 Å². The first kappa shape index (κ1) is 37.0. The van der Waals surface area contributed by atoms with Crippen LogP contribution in [0.3, 0.4) is 0 Å². The van der Waals surface area contributed by atoms with Crippen LogP contribution in [0.4, 0.5) is 0 Å². The summed E-state index contributed by atoms with van der Waals surface area (Å²) in [6.45, 7) is 6.65. The van der Waals surface area contributed by atoms with Gasteiger partial charge in [-0.3, -0.25) is 19.2 Å². The largest absolute Gasteiger partial charge is 0.481 e. The highest BCUT2D eigenvalue weighted by molar-refractivity contribution is 5.80. The predicted molar refractivity (Wildman–Crippen MR) is 155 cm³/mol. The van der Waals surface area contributed by atoms with Crippen LogP contribution in [0.5, 0.6) is 0 Å². The molecule has 8 heteroatoms. The van der Waals surface area contributed by atoms with Gasteiger partial charge in [-0.1, -0.05) is 77.0 Å². The van der Waals surface area contributed by atoms with Gasteiger partial charge in [0.1, 0.15) is 12.4 Å². The molecule has 0 aromatic rings. The first-order valence-electron chi connectivity index (χ1n) is 15.4. The Morgan fingerprint density at radius 1 is 0.590 bits per heavy atom. The molecular formula is C31H57NO7. The molecule has 1 amide bonds. The number of carboxylic acid groups (broad SMARTS) is 1. The van der Waals surface area contributed by atoms with E-state index in [1.165, 1.54) is 57.8 Å². The van der Waals surface area contributed by atoms with E-state index in [-0.39, 0.29) is 24.3 Å². The smallest absolute Gasteiger partial charge is 0.311 e. The van der Waals surface area contributed by atoms with E-state index < -0.39 is 11.4 Å². The van der Waals surface area contributed by atoms with Gasteiger partial charge in [-0.2, -0.15) is 0 Å². The third kappa shape index (κ3) is 27.4. The van der Waals surface area contributed by atoms with Crippen molar-refractivity contribution < 1.29 is 33.8 Å². The van der Waals surface area contributed by atoms with Crippen molar-refractivity contribution in [3.8, 4) is 0 Å². The molecule has 0 aliphatic rings. The van der Waals surface area contributed by atoms with Crippen molar-refractivity contribution in [1.29, 1.82) is 0 Å². The quantitative estimate of drug-likeness (QED) is 0.0847. The normalized spacial score (nSPS) is 11.4. The molecule has 0 aliphatic carbocycles. The van der Waals surface area contributed by atoms with Gasteiger partial charge in [-0.05, 0) is 40.0 Å². The van der Waals surface area contributed by atoms with E-state index in [2.05, 4.69) is 5.32 Å². The predicted octanol–water partition coefficient (Wildman–Crippen LogP) is 6.77. The third-order valence-electron chi connectivity index (χ3n) is 6.60. The minimum absolute atomic E-state index is 0.0708. The van der Waals surface area contributed by atoms with Gasteiger partial charge in [-0.15, -0.1) is 0 Å². The molecule has 39 heavy (non-hydrogen) atoms. The fourth-order valence-corrected chi connectivity index (χ4v) is 4.15. The zero-order chi connectivity index (χ0) is 29.2. The number of esters is 1. The topological polar surface area (TPSA) is 119 Å². The van der Waals surface area contributed by atoms with E-state index in [1.54, 1.807) is 20.8 Å². The molecule has 0 saturated carbocycles. The molecule has 0 spiro atoms. The van der Waals surface area contributed by atoms with E-state index >= 15 is 0 Å². The van der Waals surface area contributed by atoms with Crippen molar-refractivity contribution in [1.82, 2.24) is 5.32 Å². The average Bonchev–Trinajstić information content (AvgIpc) is 2.87. The number of ketones is 1. The Hall–Kier alpha value is -1.96. The Morgan fingerprint density at radius 2 is 1.05 bits per heavy atom. The minimum Gasteiger partial charge on any atom is -0.481 e. The Bertz CT molecular complexity index is 658. The lowest BCUT2D eigenvalue weighted by Crippen LogP contribution is -2.28. The number of aliphatic carboxylic acids is 1.